The summed E-state index contributed by atoms with van der Waals surface area (Å²) in [4.78, 5) is 29.6. The molecule has 0 atom stereocenters. The van der Waals surface area contributed by atoms with Crippen molar-refractivity contribution in [1.82, 2.24) is 10.3 Å². The number of carboxylic acids is 1. The van der Waals surface area contributed by atoms with Gasteiger partial charge in [-0.25, -0.2) is 13.8 Å². The summed E-state index contributed by atoms with van der Waals surface area (Å²) < 4.78 is 46.5. The molecule has 0 bridgehead atoms. The van der Waals surface area contributed by atoms with Crippen LogP contribution in [-0.4, -0.2) is 80.1 Å². The molecule has 41 heavy (non-hydrogen) atoms. The van der Waals surface area contributed by atoms with E-state index in [1.54, 1.807) is 7.11 Å². The minimum atomic E-state index is -1.34. The van der Waals surface area contributed by atoms with Crippen LogP contribution in [0.5, 0.6) is 11.5 Å². The molecule has 0 spiro atoms. The molecule has 12 heteroatoms. The lowest BCUT2D eigenvalue weighted by Crippen LogP contribution is -2.52. The van der Waals surface area contributed by atoms with E-state index in [4.69, 9.17) is 14.2 Å². The quantitative estimate of drug-likeness (QED) is 0.259. The zero-order chi connectivity index (χ0) is 29.2. The molecule has 2 aliphatic rings. The fourth-order valence-electron chi connectivity index (χ4n) is 5.72. The molecule has 0 unspecified atom stereocenters. The average Bonchev–Trinajstić information content (AvgIpc) is 3.49. The van der Waals surface area contributed by atoms with E-state index in [1.807, 2.05) is 12.1 Å². The Morgan fingerprint density at radius 2 is 1.80 bits per heavy atom. The summed E-state index contributed by atoms with van der Waals surface area (Å²) in [5.41, 5.74) is 0.249. The molecule has 2 aromatic carbocycles. The second-order valence-corrected chi connectivity index (χ2v) is 12.2. The highest BCUT2D eigenvalue weighted by Crippen LogP contribution is 2.41. The number of benzene rings is 2. The van der Waals surface area contributed by atoms with Crippen LogP contribution >= 0.6 is 11.3 Å². The number of morpholine rings is 1. The summed E-state index contributed by atoms with van der Waals surface area (Å²) in [6, 6.07) is 5.77. The summed E-state index contributed by atoms with van der Waals surface area (Å²) >= 11 is 1.38. The number of amides is 1. The lowest BCUT2D eigenvalue weighted by atomic mass is 9.80. The highest BCUT2D eigenvalue weighted by Gasteiger charge is 2.46. The Bertz CT molecular complexity index is 1430. The molecule has 1 saturated heterocycles. The third kappa shape index (κ3) is 6.44. The van der Waals surface area contributed by atoms with E-state index >= 15 is 0 Å². The molecule has 0 radical (unpaired) electrons. The van der Waals surface area contributed by atoms with Crippen molar-refractivity contribution in [2.24, 2.45) is 5.41 Å². The summed E-state index contributed by atoms with van der Waals surface area (Å²) in [6.07, 6.45) is 0.454. The van der Waals surface area contributed by atoms with Crippen molar-refractivity contribution in [3.05, 3.63) is 52.0 Å². The number of quaternary nitrogens is 1. The molecular formula is C29H34F2N3O6S+. The molecule has 9 nitrogen and oxygen atoms in total. The number of ether oxygens (including phenoxy) is 3. The van der Waals surface area contributed by atoms with Gasteiger partial charge in [0.2, 0.25) is 5.91 Å². The van der Waals surface area contributed by atoms with Crippen molar-refractivity contribution in [1.29, 1.82) is 0 Å². The van der Waals surface area contributed by atoms with E-state index in [0.717, 1.165) is 60.6 Å². The van der Waals surface area contributed by atoms with Crippen LogP contribution in [-0.2, 0) is 33.7 Å². The Morgan fingerprint density at radius 3 is 2.44 bits per heavy atom. The number of methoxy groups -OCH3 is 1. The van der Waals surface area contributed by atoms with Gasteiger partial charge in [-0.3, -0.25) is 9.59 Å². The Labute approximate surface area is 240 Å². The zero-order valence-electron chi connectivity index (χ0n) is 23.1. The van der Waals surface area contributed by atoms with Crippen LogP contribution in [0, 0.1) is 17.0 Å². The third-order valence-electron chi connectivity index (χ3n) is 8.04. The molecule has 1 amide bonds. The topological polar surface area (TPSA) is 107 Å². The highest BCUT2D eigenvalue weighted by atomic mass is 32.1. The van der Waals surface area contributed by atoms with Crippen LogP contribution in [0.2, 0.25) is 0 Å². The van der Waals surface area contributed by atoms with Gasteiger partial charge >= 0.3 is 5.97 Å². The Balaban J connectivity index is 1.24. The zero-order valence-corrected chi connectivity index (χ0v) is 24.0. The smallest absolute Gasteiger partial charge is 0.304 e. The Hall–Kier alpha value is -3.35. The number of nitrogens with zero attached hydrogens (tertiary/aromatic N) is 2. The summed E-state index contributed by atoms with van der Waals surface area (Å²) in [5, 5.41) is 13.0. The fraction of sp³-hybridized carbons (Fsp3) is 0.483. The number of thiazole rings is 1. The minimum absolute atomic E-state index is 0.0151. The van der Waals surface area contributed by atoms with Crippen LogP contribution in [0.25, 0.3) is 10.2 Å². The second kappa shape index (κ2) is 11.9. The molecule has 2 heterocycles. The predicted octanol–water partition coefficient (Wildman–Crippen LogP) is 3.70. The van der Waals surface area contributed by atoms with E-state index in [9.17, 15) is 23.5 Å². The normalized spacial score (nSPS) is 17.3. The first-order valence-electron chi connectivity index (χ1n) is 13.6. The maximum Gasteiger partial charge on any atom is 0.304 e. The number of rotatable bonds is 11. The van der Waals surface area contributed by atoms with Crippen molar-refractivity contribution < 1.29 is 42.2 Å². The molecule has 3 aromatic rings. The van der Waals surface area contributed by atoms with Gasteiger partial charge in [0.25, 0.3) is 0 Å². The number of aromatic nitrogens is 1. The number of hydrogen-bond acceptors (Lipinski definition) is 7. The van der Waals surface area contributed by atoms with Gasteiger partial charge in [0.15, 0.2) is 23.1 Å². The second-order valence-electron chi connectivity index (χ2n) is 11.1. The van der Waals surface area contributed by atoms with Crippen molar-refractivity contribution in [3.8, 4) is 11.5 Å². The first kappa shape index (κ1) is 29.2. The van der Waals surface area contributed by atoms with Gasteiger partial charge in [-0.15, -0.1) is 11.3 Å². The third-order valence-corrected chi connectivity index (χ3v) is 9.06. The van der Waals surface area contributed by atoms with E-state index in [2.05, 4.69) is 17.3 Å². The van der Waals surface area contributed by atoms with Gasteiger partial charge in [-0.1, -0.05) is 0 Å². The van der Waals surface area contributed by atoms with E-state index in [1.165, 1.54) is 11.3 Å². The maximum atomic E-state index is 13.8. The van der Waals surface area contributed by atoms with E-state index in [-0.39, 0.29) is 19.4 Å². The SMILES string of the molecule is COc1cc2sc(CNC(=O)C3(CC(=O)O)Cc4cc(F)c(F)cc4C3)nc2cc1OCCC[N+]1(C)CCOCC1. The number of hydrogen-bond donors (Lipinski definition) is 2. The number of halogens is 2. The highest BCUT2D eigenvalue weighted by molar-refractivity contribution is 7.18. The van der Waals surface area contributed by atoms with Gasteiger partial charge < -0.3 is 29.1 Å². The Morgan fingerprint density at radius 1 is 1.12 bits per heavy atom. The van der Waals surface area contributed by atoms with Gasteiger partial charge in [0, 0.05) is 18.6 Å². The Kier molecular flexibility index (Phi) is 8.44. The molecule has 1 aromatic heterocycles. The number of carboxylic acid groups (broad SMARTS) is 1. The van der Waals surface area contributed by atoms with Crippen LogP contribution in [0.15, 0.2) is 24.3 Å². The molecule has 1 fully saturated rings. The number of aliphatic carboxylic acids is 1. The molecule has 1 aliphatic heterocycles. The summed E-state index contributed by atoms with van der Waals surface area (Å²) in [6.45, 7) is 5.16. The van der Waals surface area contributed by atoms with Crippen molar-refractivity contribution in [3.63, 3.8) is 0 Å². The minimum Gasteiger partial charge on any atom is -0.493 e. The van der Waals surface area contributed by atoms with Crippen molar-refractivity contribution in [2.75, 3.05) is 53.6 Å². The first-order valence-corrected chi connectivity index (χ1v) is 14.4. The summed E-state index contributed by atoms with van der Waals surface area (Å²) in [5.74, 6) is -2.50. The standard InChI is InChI=1S/C29H33F2N3O6S/c1-34(5-8-39-9-6-34)4-3-7-40-24-12-22-25(13-23(24)38-2)41-26(33-22)17-32-28(37)29(16-27(35)36)14-18-10-20(30)21(31)11-19(18)15-29/h10-13H,3-9,14-17H2,1-2H3,(H-,32,35,36,37)/p+1. The monoisotopic (exact) mass is 590 g/mol. The van der Waals surface area contributed by atoms with Crippen molar-refractivity contribution in [2.45, 2.75) is 32.2 Å². The molecule has 1 aliphatic carbocycles. The first-order chi connectivity index (χ1) is 19.6. The lowest BCUT2D eigenvalue weighted by molar-refractivity contribution is -0.917. The average molecular weight is 591 g/mol. The van der Waals surface area contributed by atoms with E-state index < -0.39 is 35.3 Å². The van der Waals surface area contributed by atoms with Gasteiger partial charge in [0.05, 0.1) is 69.1 Å². The molecular weight excluding hydrogens is 556 g/mol. The van der Waals surface area contributed by atoms with Crippen molar-refractivity contribution >= 4 is 33.4 Å². The molecule has 5 rings (SSSR count). The van der Waals surface area contributed by atoms with Crippen LogP contribution in [0.4, 0.5) is 8.78 Å². The number of fused-ring (bicyclic) bond motifs is 2. The summed E-state index contributed by atoms with van der Waals surface area (Å²) in [7, 11) is 3.81. The maximum absolute atomic E-state index is 13.8. The number of likely N-dealkylation sites (N-methyl/N-ethyl adjacent to an activating group) is 1. The molecule has 220 valence electrons. The fourth-order valence-corrected chi connectivity index (χ4v) is 6.63. The van der Waals surface area contributed by atoms with Crippen LogP contribution in [0.1, 0.15) is 29.0 Å². The van der Waals surface area contributed by atoms with Gasteiger partial charge in [-0.05, 0) is 36.1 Å². The van der Waals surface area contributed by atoms with E-state index in [0.29, 0.717) is 39.8 Å². The molecule has 2 N–H and O–H groups in total. The van der Waals surface area contributed by atoms with Crippen LogP contribution in [0.3, 0.4) is 0 Å². The van der Waals surface area contributed by atoms with Crippen LogP contribution < -0.4 is 14.8 Å². The van der Waals surface area contributed by atoms with Gasteiger partial charge in [-0.2, -0.15) is 0 Å². The predicted molar refractivity (Wildman–Crippen MR) is 148 cm³/mol. The number of carbonyl (C=O) groups excluding carboxylic acids is 1. The molecule has 0 saturated carbocycles. The van der Waals surface area contributed by atoms with Gasteiger partial charge in [0.1, 0.15) is 18.1 Å². The lowest BCUT2D eigenvalue weighted by Gasteiger charge is -2.37. The largest absolute Gasteiger partial charge is 0.493 e. The number of carbonyl (C=O) groups is 2. The number of nitrogens with one attached hydrogen (secondary N) is 1.